The van der Waals surface area contributed by atoms with Crippen LogP contribution in [-0.4, -0.2) is 25.5 Å². The lowest BCUT2D eigenvalue weighted by molar-refractivity contribution is 0.417. The Bertz CT molecular complexity index is 791. The summed E-state index contributed by atoms with van der Waals surface area (Å²) in [7, 11) is 4.03. The van der Waals surface area contributed by atoms with Crippen LogP contribution in [0.25, 0.3) is 5.57 Å². The van der Waals surface area contributed by atoms with Gasteiger partial charge in [0.1, 0.15) is 11.6 Å². The van der Waals surface area contributed by atoms with Gasteiger partial charge in [0.25, 0.3) is 0 Å². The minimum atomic E-state index is -0.453. The molecule has 0 saturated heterocycles. The molecule has 0 spiro atoms. The van der Waals surface area contributed by atoms with Crippen LogP contribution in [0.4, 0.5) is 8.78 Å². The van der Waals surface area contributed by atoms with Crippen molar-refractivity contribution in [3.05, 3.63) is 64.2 Å². The molecule has 0 bridgehead atoms. The fourth-order valence-corrected chi connectivity index (χ4v) is 3.88. The lowest BCUT2D eigenvalue weighted by Crippen LogP contribution is -2.12. The predicted octanol–water partition coefficient (Wildman–Crippen LogP) is 5.89. The summed E-state index contributed by atoms with van der Waals surface area (Å²) in [6.45, 7) is 0.900. The van der Waals surface area contributed by atoms with Gasteiger partial charge < -0.3 is 4.90 Å². The fraction of sp³-hybridized carbons (Fsp3) is 0.222. The van der Waals surface area contributed by atoms with Crippen molar-refractivity contribution in [3.63, 3.8) is 0 Å². The second-order valence-electron chi connectivity index (χ2n) is 5.71. The molecule has 0 aromatic heterocycles. The van der Waals surface area contributed by atoms with Crippen LogP contribution in [0.5, 0.6) is 0 Å². The van der Waals surface area contributed by atoms with Gasteiger partial charge in [-0.2, -0.15) is 0 Å². The predicted molar refractivity (Wildman–Crippen MR) is 99.4 cm³/mol. The number of hydrogen-bond donors (Lipinski definition) is 0. The number of fused-ring (bicyclic) bond motifs is 2. The maximum Gasteiger partial charge on any atom is 0.142 e. The van der Waals surface area contributed by atoms with Crippen LogP contribution >= 0.6 is 35.8 Å². The number of nitrogens with zero attached hydrogens (tertiary/aromatic N) is 1. The molecule has 1 heterocycles. The highest BCUT2D eigenvalue weighted by Crippen LogP contribution is 2.47. The molecule has 0 amide bonds. The van der Waals surface area contributed by atoms with E-state index in [2.05, 4.69) is 11.0 Å². The number of benzene rings is 2. The molecule has 0 saturated carbocycles. The van der Waals surface area contributed by atoms with Crippen molar-refractivity contribution < 1.29 is 8.78 Å². The van der Waals surface area contributed by atoms with Gasteiger partial charge in [0.05, 0.1) is 5.02 Å². The first-order chi connectivity index (χ1) is 11.0. The molecular weight excluding hydrogens is 371 g/mol. The highest BCUT2D eigenvalue weighted by atomic mass is 35.5. The van der Waals surface area contributed by atoms with Crippen LogP contribution in [-0.2, 0) is 0 Å². The molecule has 0 aliphatic carbocycles. The van der Waals surface area contributed by atoms with E-state index in [4.69, 9.17) is 11.6 Å². The largest absolute Gasteiger partial charge is 0.309 e. The summed E-state index contributed by atoms with van der Waals surface area (Å²) in [4.78, 5) is 3.66. The monoisotopic (exact) mass is 387 g/mol. The van der Waals surface area contributed by atoms with Crippen LogP contribution < -0.4 is 0 Å². The maximum absolute atomic E-state index is 13.8. The highest BCUT2D eigenvalue weighted by Gasteiger charge is 2.23. The smallest absolute Gasteiger partial charge is 0.142 e. The maximum atomic E-state index is 13.8. The quantitative estimate of drug-likeness (QED) is 0.551. The van der Waals surface area contributed by atoms with E-state index < -0.39 is 5.82 Å². The zero-order valence-electron chi connectivity index (χ0n) is 13.3. The van der Waals surface area contributed by atoms with Gasteiger partial charge in [-0.15, -0.1) is 12.4 Å². The lowest BCUT2D eigenvalue weighted by atomic mass is 9.96. The summed E-state index contributed by atoms with van der Waals surface area (Å²) in [6, 6.07) is 7.81. The lowest BCUT2D eigenvalue weighted by Gasteiger charge is -2.23. The third kappa shape index (κ3) is 3.94. The molecule has 0 radical (unpaired) electrons. The van der Waals surface area contributed by atoms with Crippen LogP contribution in [0.1, 0.15) is 17.5 Å². The van der Waals surface area contributed by atoms with Crippen LogP contribution in [0, 0.1) is 11.6 Å². The fourth-order valence-electron chi connectivity index (χ4n) is 2.58. The third-order valence-electron chi connectivity index (χ3n) is 3.69. The molecule has 1 aliphatic heterocycles. The van der Waals surface area contributed by atoms with E-state index in [0.717, 1.165) is 39.5 Å². The van der Waals surface area contributed by atoms with E-state index in [9.17, 15) is 8.78 Å². The van der Waals surface area contributed by atoms with Crippen LogP contribution in [0.15, 0.2) is 46.2 Å². The second-order valence-corrected chi connectivity index (χ2v) is 7.21. The van der Waals surface area contributed by atoms with E-state index in [1.165, 1.54) is 30.0 Å². The summed E-state index contributed by atoms with van der Waals surface area (Å²) in [5.41, 5.74) is 2.85. The summed E-state index contributed by atoms with van der Waals surface area (Å²) >= 11 is 7.34. The minimum Gasteiger partial charge on any atom is -0.309 e. The van der Waals surface area contributed by atoms with E-state index >= 15 is 0 Å². The van der Waals surface area contributed by atoms with Crippen molar-refractivity contribution in [1.29, 1.82) is 0 Å². The average Bonchev–Trinajstić information content (AvgIpc) is 2.48. The Morgan fingerprint density at radius 1 is 1.08 bits per heavy atom. The average molecular weight is 388 g/mol. The molecule has 6 heteroatoms. The zero-order valence-corrected chi connectivity index (χ0v) is 15.7. The minimum absolute atomic E-state index is 0. The molecule has 0 N–H and O–H groups in total. The number of rotatable bonds is 3. The van der Waals surface area contributed by atoms with E-state index in [1.54, 1.807) is 12.1 Å². The normalized spacial score (nSPS) is 14.3. The Morgan fingerprint density at radius 2 is 1.79 bits per heavy atom. The highest BCUT2D eigenvalue weighted by molar-refractivity contribution is 7.99. The summed E-state index contributed by atoms with van der Waals surface area (Å²) < 4.78 is 27.4. The first-order valence-electron chi connectivity index (χ1n) is 7.28. The van der Waals surface area contributed by atoms with Gasteiger partial charge in [0.2, 0.25) is 0 Å². The standard InChI is InChI=1S/C18H16ClF2NS.ClH/c1-22(2)7-3-4-12-13-6-5-11(20)8-17(13)23-18-10-16(21)15(19)9-14(12)18;/h4-6,8-10H,3,7H2,1-2H3;1H/b12-4+;. The molecule has 2 aromatic carbocycles. The van der Waals surface area contributed by atoms with Crippen molar-refractivity contribution in [2.24, 2.45) is 0 Å². The van der Waals surface area contributed by atoms with E-state index in [-0.39, 0.29) is 23.2 Å². The van der Waals surface area contributed by atoms with Crippen LogP contribution in [0.2, 0.25) is 5.02 Å². The van der Waals surface area contributed by atoms with E-state index in [1.807, 2.05) is 14.1 Å². The molecule has 0 unspecified atom stereocenters. The van der Waals surface area contributed by atoms with Crippen LogP contribution in [0.3, 0.4) is 0 Å². The Morgan fingerprint density at radius 3 is 2.50 bits per heavy atom. The molecule has 1 aliphatic rings. The molecule has 3 rings (SSSR count). The van der Waals surface area contributed by atoms with Gasteiger partial charge >= 0.3 is 0 Å². The van der Waals surface area contributed by atoms with E-state index in [0.29, 0.717) is 0 Å². The van der Waals surface area contributed by atoms with Gasteiger partial charge in [-0.3, -0.25) is 0 Å². The first-order valence-corrected chi connectivity index (χ1v) is 8.47. The number of halogens is 4. The van der Waals surface area contributed by atoms with Gasteiger partial charge in [0, 0.05) is 16.3 Å². The third-order valence-corrected chi connectivity index (χ3v) is 5.10. The molecule has 128 valence electrons. The zero-order chi connectivity index (χ0) is 16.6. The van der Waals surface area contributed by atoms with Crippen molar-refractivity contribution in [3.8, 4) is 0 Å². The van der Waals surface area contributed by atoms with Crippen molar-refractivity contribution >= 4 is 41.3 Å². The van der Waals surface area contributed by atoms with Gasteiger partial charge in [0.15, 0.2) is 0 Å². The summed E-state index contributed by atoms with van der Waals surface area (Å²) in [5.74, 6) is -0.743. The first kappa shape index (κ1) is 19.3. The second kappa shape index (κ2) is 7.87. The van der Waals surface area contributed by atoms with Gasteiger partial charge in [-0.05, 0) is 61.5 Å². The molecule has 2 aromatic rings. The Hall–Kier alpha value is -1.07. The molecule has 24 heavy (non-hydrogen) atoms. The number of hydrogen-bond acceptors (Lipinski definition) is 2. The molecule has 1 nitrogen and oxygen atoms in total. The molecule has 0 fully saturated rings. The Labute approximate surface area is 156 Å². The van der Waals surface area contributed by atoms with Gasteiger partial charge in [-0.25, -0.2) is 8.78 Å². The van der Waals surface area contributed by atoms with Crippen molar-refractivity contribution in [2.75, 3.05) is 20.6 Å². The van der Waals surface area contributed by atoms with Gasteiger partial charge in [-0.1, -0.05) is 35.5 Å². The molecular formula is C18H17Cl2F2NS. The summed E-state index contributed by atoms with van der Waals surface area (Å²) in [6.07, 6.45) is 2.96. The Balaban J connectivity index is 0.00000208. The van der Waals surface area contributed by atoms with Crippen molar-refractivity contribution in [1.82, 2.24) is 4.90 Å². The summed E-state index contributed by atoms with van der Waals surface area (Å²) in [5, 5.41) is 0.105. The SMILES string of the molecule is CN(C)CC/C=C1\c2ccc(F)cc2Sc2cc(F)c(Cl)cc21.Cl. The topological polar surface area (TPSA) is 3.24 Å². The van der Waals surface area contributed by atoms with Crippen molar-refractivity contribution in [2.45, 2.75) is 16.2 Å². The molecule has 0 atom stereocenters. The Kier molecular flexibility index (Phi) is 6.32.